The molecule has 98 valence electrons. The van der Waals surface area contributed by atoms with Crippen molar-refractivity contribution in [1.82, 2.24) is 0 Å². The Morgan fingerprint density at radius 2 is 1.53 bits per heavy atom. The van der Waals surface area contributed by atoms with Crippen LogP contribution in [0.15, 0.2) is 53.4 Å². The van der Waals surface area contributed by atoms with Crippen molar-refractivity contribution in [3.05, 3.63) is 54.1 Å². The summed E-state index contributed by atoms with van der Waals surface area (Å²) in [6.07, 6.45) is 2.02. The van der Waals surface area contributed by atoms with Gasteiger partial charge in [-0.05, 0) is 54.8 Å². The largest absolute Gasteiger partial charge is 0.388 e. The highest BCUT2D eigenvalue weighted by Gasteiger charge is 2.05. The first-order valence-electron chi connectivity index (χ1n) is 5.96. The van der Waals surface area contributed by atoms with Crippen molar-refractivity contribution >= 4 is 29.0 Å². The van der Waals surface area contributed by atoms with Crippen molar-refractivity contribution in [2.24, 2.45) is 0 Å². The Balaban J connectivity index is 2.06. The molecule has 0 aliphatic carbocycles. The molecule has 0 spiro atoms. The van der Waals surface area contributed by atoms with Gasteiger partial charge in [-0.1, -0.05) is 0 Å². The highest BCUT2D eigenvalue weighted by atomic mass is 32.2. The van der Waals surface area contributed by atoms with Crippen molar-refractivity contribution in [3.8, 4) is 0 Å². The Morgan fingerprint density at radius 3 is 2.05 bits per heavy atom. The Kier molecular flexibility index (Phi) is 4.47. The summed E-state index contributed by atoms with van der Waals surface area (Å²) in [5.41, 5.74) is 2.44. The van der Waals surface area contributed by atoms with Crippen LogP contribution in [0.1, 0.15) is 10.4 Å². The summed E-state index contributed by atoms with van der Waals surface area (Å²) in [5.74, 6) is -0.0976. The second-order valence-electron chi connectivity index (χ2n) is 4.01. The lowest BCUT2D eigenvalue weighted by Crippen LogP contribution is -2.11. The number of amides is 1. The van der Waals surface area contributed by atoms with Crippen molar-refractivity contribution in [2.75, 3.05) is 23.9 Å². The molecule has 0 bridgehead atoms. The first-order valence-corrected chi connectivity index (χ1v) is 7.18. The number of carbonyl (C=O) groups excluding carboxylic acids is 1. The molecule has 0 atom stereocenters. The smallest absolute Gasteiger partial charge is 0.255 e. The van der Waals surface area contributed by atoms with E-state index in [0.29, 0.717) is 5.56 Å². The molecule has 0 aromatic heterocycles. The number of hydrogen-bond acceptors (Lipinski definition) is 3. The predicted octanol–water partition coefficient (Wildman–Crippen LogP) is 3.70. The third-order valence-electron chi connectivity index (χ3n) is 2.78. The minimum absolute atomic E-state index is 0.0976. The predicted molar refractivity (Wildman–Crippen MR) is 82.2 cm³/mol. The zero-order valence-corrected chi connectivity index (χ0v) is 11.8. The van der Waals surface area contributed by atoms with Gasteiger partial charge in [0.15, 0.2) is 0 Å². The van der Waals surface area contributed by atoms with Gasteiger partial charge < -0.3 is 10.6 Å². The van der Waals surface area contributed by atoms with E-state index in [1.165, 1.54) is 4.90 Å². The van der Waals surface area contributed by atoms with Crippen LogP contribution in [0, 0.1) is 0 Å². The molecule has 0 unspecified atom stereocenters. The number of carbonyl (C=O) groups is 1. The molecular formula is C15H16N2OS. The zero-order chi connectivity index (χ0) is 13.7. The number of anilines is 2. The second-order valence-corrected chi connectivity index (χ2v) is 4.89. The van der Waals surface area contributed by atoms with Crippen LogP contribution in [0.2, 0.25) is 0 Å². The maximum atomic E-state index is 12.0. The normalized spacial score (nSPS) is 10.0. The average molecular weight is 272 g/mol. The van der Waals surface area contributed by atoms with Gasteiger partial charge >= 0.3 is 0 Å². The Labute approximate surface area is 117 Å². The first kappa shape index (κ1) is 13.5. The van der Waals surface area contributed by atoms with E-state index < -0.39 is 0 Å². The summed E-state index contributed by atoms with van der Waals surface area (Å²) >= 11 is 1.68. The van der Waals surface area contributed by atoms with Gasteiger partial charge in [0.25, 0.3) is 5.91 Å². The Hall–Kier alpha value is -1.94. The van der Waals surface area contributed by atoms with Gasteiger partial charge in [-0.2, -0.15) is 0 Å². The number of hydrogen-bond donors (Lipinski definition) is 2. The molecule has 2 aromatic carbocycles. The minimum Gasteiger partial charge on any atom is -0.388 e. The molecule has 1 amide bonds. The fourth-order valence-corrected chi connectivity index (χ4v) is 2.07. The number of benzene rings is 2. The molecule has 2 aromatic rings. The van der Waals surface area contributed by atoms with E-state index in [4.69, 9.17) is 0 Å². The highest BCUT2D eigenvalue weighted by molar-refractivity contribution is 7.98. The fourth-order valence-electron chi connectivity index (χ4n) is 1.67. The highest BCUT2D eigenvalue weighted by Crippen LogP contribution is 2.18. The summed E-state index contributed by atoms with van der Waals surface area (Å²) in [6.45, 7) is 0. The van der Waals surface area contributed by atoms with Gasteiger partial charge in [0.2, 0.25) is 0 Å². The van der Waals surface area contributed by atoms with E-state index in [-0.39, 0.29) is 5.91 Å². The molecule has 4 heteroatoms. The summed E-state index contributed by atoms with van der Waals surface area (Å²) in [6, 6.07) is 15.2. The van der Waals surface area contributed by atoms with E-state index in [1.807, 2.05) is 49.7 Å². The SMILES string of the molecule is CNc1ccc(C(=O)Nc2ccc(SC)cc2)cc1. The van der Waals surface area contributed by atoms with Crippen LogP contribution in [-0.2, 0) is 0 Å². The third-order valence-corrected chi connectivity index (χ3v) is 3.53. The lowest BCUT2D eigenvalue weighted by atomic mass is 10.2. The molecule has 0 saturated carbocycles. The van der Waals surface area contributed by atoms with Crippen LogP contribution in [0.3, 0.4) is 0 Å². The molecule has 2 rings (SSSR count). The third kappa shape index (κ3) is 3.51. The van der Waals surface area contributed by atoms with Crippen molar-refractivity contribution in [3.63, 3.8) is 0 Å². The number of nitrogens with one attached hydrogen (secondary N) is 2. The minimum atomic E-state index is -0.0976. The quantitative estimate of drug-likeness (QED) is 0.834. The molecule has 19 heavy (non-hydrogen) atoms. The maximum absolute atomic E-state index is 12.0. The van der Waals surface area contributed by atoms with E-state index in [9.17, 15) is 4.79 Å². The molecule has 0 fully saturated rings. The first-order chi connectivity index (χ1) is 9.22. The van der Waals surface area contributed by atoms with E-state index in [2.05, 4.69) is 10.6 Å². The van der Waals surface area contributed by atoms with E-state index >= 15 is 0 Å². The van der Waals surface area contributed by atoms with Crippen LogP contribution in [0.5, 0.6) is 0 Å². The zero-order valence-electron chi connectivity index (χ0n) is 10.9. The van der Waals surface area contributed by atoms with Gasteiger partial charge in [0, 0.05) is 28.9 Å². The molecule has 2 N–H and O–H groups in total. The second kappa shape index (κ2) is 6.29. The van der Waals surface area contributed by atoms with Crippen LogP contribution < -0.4 is 10.6 Å². The van der Waals surface area contributed by atoms with Crippen LogP contribution >= 0.6 is 11.8 Å². The summed E-state index contributed by atoms with van der Waals surface area (Å²) < 4.78 is 0. The molecule has 0 radical (unpaired) electrons. The average Bonchev–Trinajstić information content (AvgIpc) is 2.48. The van der Waals surface area contributed by atoms with Gasteiger partial charge in [0.1, 0.15) is 0 Å². The van der Waals surface area contributed by atoms with Crippen LogP contribution in [0.4, 0.5) is 11.4 Å². The summed E-state index contributed by atoms with van der Waals surface area (Å²) in [7, 11) is 1.85. The Morgan fingerprint density at radius 1 is 0.947 bits per heavy atom. The van der Waals surface area contributed by atoms with Crippen molar-refractivity contribution in [2.45, 2.75) is 4.90 Å². The lowest BCUT2D eigenvalue weighted by molar-refractivity contribution is 0.102. The van der Waals surface area contributed by atoms with Gasteiger partial charge in [-0.25, -0.2) is 0 Å². The lowest BCUT2D eigenvalue weighted by Gasteiger charge is -2.07. The summed E-state index contributed by atoms with van der Waals surface area (Å²) in [4.78, 5) is 13.2. The van der Waals surface area contributed by atoms with Gasteiger partial charge in [-0.3, -0.25) is 4.79 Å². The van der Waals surface area contributed by atoms with E-state index in [1.54, 1.807) is 23.9 Å². The molecule has 0 aliphatic heterocycles. The number of thioether (sulfide) groups is 1. The molecule has 0 saturated heterocycles. The molecule has 0 heterocycles. The maximum Gasteiger partial charge on any atom is 0.255 e. The summed E-state index contributed by atoms with van der Waals surface area (Å²) in [5, 5.41) is 5.90. The van der Waals surface area contributed by atoms with Gasteiger partial charge in [-0.15, -0.1) is 11.8 Å². The number of rotatable bonds is 4. The molecule has 3 nitrogen and oxygen atoms in total. The monoisotopic (exact) mass is 272 g/mol. The fraction of sp³-hybridized carbons (Fsp3) is 0.133. The standard InChI is InChI=1S/C15H16N2OS/c1-16-12-5-3-11(4-6-12)15(18)17-13-7-9-14(19-2)10-8-13/h3-10,16H,1-2H3,(H,17,18). The molecule has 0 aliphatic rings. The van der Waals surface area contributed by atoms with Crippen molar-refractivity contribution in [1.29, 1.82) is 0 Å². The van der Waals surface area contributed by atoms with Crippen molar-refractivity contribution < 1.29 is 4.79 Å². The molecular weight excluding hydrogens is 256 g/mol. The van der Waals surface area contributed by atoms with Crippen LogP contribution in [0.25, 0.3) is 0 Å². The van der Waals surface area contributed by atoms with Gasteiger partial charge in [0.05, 0.1) is 0 Å². The van der Waals surface area contributed by atoms with E-state index in [0.717, 1.165) is 11.4 Å². The Bertz CT molecular complexity index is 549. The topological polar surface area (TPSA) is 41.1 Å². The van der Waals surface area contributed by atoms with Crippen LogP contribution in [-0.4, -0.2) is 19.2 Å².